The van der Waals surface area contributed by atoms with Crippen molar-refractivity contribution in [2.75, 3.05) is 37.2 Å². The van der Waals surface area contributed by atoms with Crippen LogP contribution in [0.2, 0.25) is 0 Å². The number of likely N-dealkylation sites (N-methyl/N-ethyl adjacent to an activating group) is 1. The fourth-order valence-electron chi connectivity index (χ4n) is 3.14. The summed E-state index contributed by atoms with van der Waals surface area (Å²) in [6, 6.07) is 6.31. The summed E-state index contributed by atoms with van der Waals surface area (Å²) in [4.78, 5) is 27.4. The van der Waals surface area contributed by atoms with Gasteiger partial charge in [0.05, 0.1) is 18.8 Å². The molecule has 9 heteroatoms. The molecule has 0 radical (unpaired) electrons. The number of amides is 2. The van der Waals surface area contributed by atoms with Gasteiger partial charge in [0.1, 0.15) is 0 Å². The average Bonchev–Trinajstić information content (AvgIpc) is 3.10. The fraction of sp³-hybridized carbons (Fsp3) is 0.500. The van der Waals surface area contributed by atoms with Gasteiger partial charge in [0.25, 0.3) is 5.91 Å². The minimum Gasteiger partial charge on any atom is -0.439 e. The number of likely N-dealkylation sites (tertiary alicyclic amines) is 1. The quantitative estimate of drug-likeness (QED) is 0.860. The molecule has 0 bridgehead atoms. The molecule has 1 N–H and O–H groups in total. The van der Waals surface area contributed by atoms with Gasteiger partial charge in [0.2, 0.25) is 10.0 Å². The van der Waals surface area contributed by atoms with Crippen LogP contribution in [0, 0.1) is 0 Å². The van der Waals surface area contributed by atoms with Crippen molar-refractivity contribution in [1.29, 1.82) is 0 Å². The molecule has 25 heavy (non-hydrogen) atoms. The van der Waals surface area contributed by atoms with E-state index in [2.05, 4.69) is 4.72 Å². The second-order valence-corrected chi connectivity index (χ2v) is 8.48. The molecular weight excluding hydrogens is 346 g/mol. The molecule has 2 aliphatic heterocycles. The van der Waals surface area contributed by atoms with Gasteiger partial charge in [0.15, 0.2) is 5.60 Å². The molecule has 2 saturated heterocycles. The van der Waals surface area contributed by atoms with Gasteiger partial charge in [0, 0.05) is 31.3 Å². The summed E-state index contributed by atoms with van der Waals surface area (Å²) in [5, 5.41) is 0. The molecule has 2 heterocycles. The smallest absolute Gasteiger partial charge is 0.410 e. The Balaban J connectivity index is 1.67. The van der Waals surface area contributed by atoms with Crippen LogP contribution in [-0.2, 0) is 14.8 Å². The number of carbonyl (C=O) groups is 2. The predicted octanol–water partition coefficient (Wildman–Crippen LogP) is 1.11. The molecular formula is C16H21N3O5S. The summed E-state index contributed by atoms with van der Waals surface area (Å²) in [5.74, 6) is -0.177. The summed E-state index contributed by atoms with van der Waals surface area (Å²) in [6.45, 7) is 2.92. The van der Waals surface area contributed by atoms with Gasteiger partial charge < -0.3 is 14.5 Å². The van der Waals surface area contributed by atoms with Crippen molar-refractivity contribution in [2.24, 2.45) is 0 Å². The second kappa shape index (κ2) is 6.21. The lowest BCUT2D eigenvalue weighted by molar-refractivity contribution is 0.0553. The maximum absolute atomic E-state index is 12.6. The third-order valence-electron chi connectivity index (χ3n) is 4.53. The summed E-state index contributed by atoms with van der Waals surface area (Å²) in [7, 11) is -1.67. The standard InChI is InChI=1S/C16H21N3O5S/c1-3-25(22,23)17-13-6-4-12(5-7-13)14(20)19-9-8-16(11-19)10-18(2)15(21)24-16/h4-7,17H,3,8-11H2,1-2H3. The fourth-order valence-corrected chi connectivity index (χ4v) is 3.78. The van der Waals surface area contributed by atoms with E-state index in [1.54, 1.807) is 43.1 Å². The third-order valence-corrected chi connectivity index (χ3v) is 5.84. The van der Waals surface area contributed by atoms with E-state index in [1.807, 2.05) is 0 Å². The Morgan fingerprint density at radius 1 is 1.28 bits per heavy atom. The normalized spacial score (nSPS) is 23.2. The van der Waals surface area contributed by atoms with Gasteiger partial charge in [-0.1, -0.05) is 0 Å². The minimum absolute atomic E-state index is 0.0172. The summed E-state index contributed by atoms with van der Waals surface area (Å²) < 4.78 is 31.0. The van der Waals surface area contributed by atoms with Gasteiger partial charge in [-0.15, -0.1) is 0 Å². The number of hydrogen-bond acceptors (Lipinski definition) is 5. The van der Waals surface area contributed by atoms with E-state index < -0.39 is 15.6 Å². The molecule has 1 aromatic rings. The van der Waals surface area contributed by atoms with Gasteiger partial charge in [-0.25, -0.2) is 13.2 Å². The lowest BCUT2D eigenvalue weighted by atomic mass is 10.0. The number of rotatable bonds is 4. The molecule has 2 amide bonds. The van der Waals surface area contributed by atoms with Crippen LogP contribution in [0.15, 0.2) is 24.3 Å². The molecule has 2 fully saturated rings. The molecule has 0 aromatic heterocycles. The number of benzene rings is 1. The highest BCUT2D eigenvalue weighted by Crippen LogP contribution is 2.32. The van der Waals surface area contributed by atoms with Crippen LogP contribution in [-0.4, -0.2) is 68.3 Å². The lowest BCUT2D eigenvalue weighted by Crippen LogP contribution is -2.39. The summed E-state index contributed by atoms with van der Waals surface area (Å²) in [6.07, 6.45) is 0.255. The topological polar surface area (TPSA) is 96.0 Å². The van der Waals surface area contributed by atoms with Crippen molar-refractivity contribution >= 4 is 27.7 Å². The number of ether oxygens (including phenoxy) is 1. The molecule has 0 aliphatic carbocycles. The Labute approximate surface area is 146 Å². The van der Waals surface area contributed by atoms with E-state index in [0.717, 1.165) is 0 Å². The monoisotopic (exact) mass is 367 g/mol. The van der Waals surface area contributed by atoms with Crippen molar-refractivity contribution in [2.45, 2.75) is 18.9 Å². The van der Waals surface area contributed by atoms with Crippen LogP contribution in [0.3, 0.4) is 0 Å². The van der Waals surface area contributed by atoms with Gasteiger partial charge in [-0.2, -0.15) is 0 Å². The highest BCUT2D eigenvalue weighted by atomic mass is 32.2. The highest BCUT2D eigenvalue weighted by Gasteiger charge is 2.49. The first-order chi connectivity index (χ1) is 11.7. The largest absolute Gasteiger partial charge is 0.439 e. The van der Waals surface area contributed by atoms with Gasteiger partial charge in [-0.3, -0.25) is 9.52 Å². The first kappa shape index (κ1) is 17.5. The van der Waals surface area contributed by atoms with E-state index in [0.29, 0.717) is 37.3 Å². The van der Waals surface area contributed by atoms with Gasteiger partial charge >= 0.3 is 6.09 Å². The van der Waals surface area contributed by atoms with Crippen LogP contribution in [0.4, 0.5) is 10.5 Å². The van der Waals surface area contributed by atoms with Gasteiger partial charge in [-0.05, 0) is 31.2 Å². The Bertz CT molecular complexity index is 792. The molecule has 1 aromatic carbocycles. The molecule has 3 rings (SSSR count). The molecule has 8 nitrogen and oxygen atoms in total. The third kappa shape index (κ3) is 3.55. The Morgan fingerprint density at radius 3 is 2.52 bits per heavy atom. The van der Waals surface area contributed by atoms with Crippen molar-refractivity contribution < 1.29 is 22.7 Å². The van der Waals surface area contributed by atoms with Crippen LogP contribution < -0.4 is 4.72 Å². The number of hydrogen-bond donors (Lipinski definition) is 1. The predicted molar refractivity (Wildman–Crippen MR) is 91.9 cm³/mol. The van der Waals surface area contributed by atoms with Crippen molar-refractivity contribution in [3.05, 3.63) is 29.8 Å². The number of sulfonamides is 1. The number of nitrogens with one attached hydrogen (secondary N) is 1. The molecule has 0 saturated carbocycles. The average molecular weight is 367 g/mol. The van der Waals surface area contributed by atoms with Crippen molar-refractivity contribution in [3.8, 4) is 0 Å². The Kier molecular flexibility index (Phi) is 4.36. The van der Waals surface area contributed by atoms with Crippen molar-refractivity contribution in [1.82, 2.24) is 9.80 Å². The second-order valence-electron chi connectivity index (χ2n) is 6.47. The van der Waals surface area contributed by atoms with Crippen LogP contribution in [0.5, 0.6) is 0 Å². The van der Waals surface area contributed by atoms with E-state index in [9.17, 15) is 18.0 Å². The van der Waals surface area contributed by atoms with Crippen LogP contribution in [0.1, 0.15) is 23.7 Å². The van der Waals surface area contributed by atoms with Crippen molar-refractivity contribution in [3.63, 3.8) is 0 Å². The van der Waals surface area contributed by atoms with Crippen LogP contribution in [0.25, 0.3) is 0 Å². The summed E-state index contributed by atoms with van der Waals surface area (Å²) in [5.41, 5.74) is 0.273. The SMILES string of the molecule is CCS(=O)(=O)Nc1ccc(C(=O)N2CCC3(CN(C)C(=O)O3)C2)cc1. The van der Waals surface area contributed by atoms with E-state index in [-0.39, 0.29) is 17.8 Å². The Hall–Kier alpha value is -2.29. The van der Waals surface area contributed by atoms with Crippen LogP contribution >= 0.6 is 0 Å². The zero-order chi connectivity index (χ0) is 18.2. The highest BCUT2D eigenvalue weighted by molar-refractivity contribution is 7.92. The zero-order valence-electron chi connectivity index (χ0n) is 14.2. The minimum atomic E-state index is -3.35. The molecule has 1 atom stereocenters. The van der Waals surface area contributed by atoms with E-state index in [4.69, 9.17) is 4.74 Å². The molecule has 1 spiro atoms. The maximum atomic E-state index is 12.6. The number of carbonyl (C=O) groups excluding carboxylic acids is 2. The zero-order valence-corrected chi connectivity index (χ0v) is 15.0. The van der Waals surface area contributed by atoms with E-state index >= 15 is 0 Å². The lowest BCUT2D eigenvalue weighted by Gasteiger charge is -2.21. The Morgan fingerprint density at radius 2 is 1.96 bits per heavy atom. The first-order valence-corrected chi connectivity index (χ1v) is 9.73. The summed E-state index contributed by atoms with van der Waals surface area (Å²) >= 11 is 0. The molecule has 2 aliphatic rings. The molecule has 136 valence electrons. The molecule has 1 unspecified atom stereocenters. The number of nitrogens with zero attached hydrogens (tertiary/aromatic N) is 2. The maximum Gasteiger partial charge on any atom is 0.410 e. The van der Waals surface area contributed by atoms with E-state index in [1.165, 1.54) is 4.90 Å². The number of anilines is 1. The first-order valence-electron chi connectivity index (χ1n) is 8.07.